The normalized spacial score (nSPS) is 47.5. The summed E-state index contributed by atoms with van der Waals surface area (Å²) in [6.07, 6.45) is 3.92. The van der Waals surface area contributed by atoms with Gasteiger partial charge in [0.05, 0.1) is 30.8 Å². The van der Waals surface area contributed by atoms with Crippen LogP contribution in [0.1, 0.15) is 40.0 Å². The standard InChI is InChI=1S/C16H26O4/c1-9-11(3)18-7-6-12(9)8-19-16(17)13-4-5-14-15(20-14)10(13)2/h9-15H,4-8H2,1-3H3. The van der Waals surface area contributed by atoms with E-state index in [9.17, 15) is 4.79 Å². The van der Waals surface area contributed by atoms with Crippen LogP contribution in [-0.4, -0.2) is 37.5 Å². The largest absolute Gasteiger partial charge is 0.465 e. The molecule has 7 atom stereocenters. The zero-order valence-electron chi connectivity index (χ0n) is 12.7. The minimum absolute atomic E-state index is 0.0159. The summed E-state index contributed by atoms with van der Waals surface area (Å²) < 4.78 is 16.8. The van der Waals surface area contributed by atoms with Crippen molar-refractivity contribution in [3.63, 3.8) is 0 Å². The minimum atomic E-state index is -0.0159. The van der Waals surface area contributed by atoms with Crippen molar-refractivity contribution in [2.24, 2.45) is 23.7 Å². The van der Waals surface area contributed by atoms with Crippen molar-refractivity contribution in [1.82, 2.24) is 0 Å². The number of fused-ring (bicyclic) bond motifs is 1. The van der Waals surface area contributed by atoms with Gasteiger partial charge in [-0.3, -0.25) is 4.79 Å². The number of hydrogen-bond acceptors (Lipinski definition) is 4. The third-order valence-electron chi connectivity index (χ3n) is 5.63. The Hall–Kier alpha value is -0.610. The maximum Gasteiger partial charge on any atom is 0.309 e. The number of carbonyl (C=O) groups excluding carboxylic acids is 1. The predicted octanol–water partition coefficient (Wildman–Crippen LogP) is 2.40. The summed E-state index contributed by atoms with van der Waals surface area (Å²) in [6, 6.07) is 0. The van der Waals surface area contributed by atoms with Crippen molar-refractivity contribution in [2.75, 3.05) is 13.2 Å². The molecule has 0 aromatic heterocycles. The fourth-order valence-corrected chi connectivity index (χ4v) is 3.75. The van der Waals surface area contributed by atoms with Crippen LogP contribution in [0.15, 0.2) is 0 Å². The smallest absolute Gasteiger partial charge is 0.309 e. The zero-order chi connectivity index (χ0) is 14.3. The lowest BCUT2D eigenvalue weighted by molar-refractivity contribution is -0.155. The van der Waals surface area contributed by atoms with E-state index in [0.717, 1.165) is 25.9 Å². The molecule has 0 amide bonds. The van der Waals surface area contributed by atoms with E-state index < -0.39 is 0 Å². The Bertz CT molecular complexity index is 369. The highest BCUT2D eigenvalue weighted by molar-refractivity contribution is 5.73. The van der Waals surface area contributed by atoms with Gasteiger partial charge in [0, 0.05) is 12.5 Å². The summed E-state index contributed by atoms with van der Waals surface area (Å²) in [4.78, 5) is 12.3. The van der Waals surface area contributed by atoms with Crippen LogP contribution in [0.3, 0.4) is 0 Å². The molecule has 0 aromatic carbocycles. The summed E-state index contributed by atoms with van der Waals surface area (Å²) in [5.41, 5.74) is 0. The second-order valence-electron chi connectivity index (χ2n) is 6.80. The highest BCUT2D eigenvalue weighted by Gasteiger charge is 2.51. The molecule has 4 nitrogen and oxygen atoms in total. The molecule has 2 saturated heterocycles. The van der Waals surface area contributed by atoms with Gasteiger partial charge in [0.2, 0.25) is 0 Å². The fraction of sp³-hybridized carbons (Fsp3) is 0.938. The third-order valence-corrected chi connectivity index (χ3v) is 5.63. The maximum atomic E-state index is 12.3. The molecule has 114 valence electrons. The Morgan fingerprint density at radius 2 is 1.95 bits per heavy atom. The number of esters is 1. The van der Waals surface area contributed by atoms with Gasteiger partial charge in [0.1, 0.15) is 0 Å². The lowest BCUT2D eigenvalue weighted by atomic mass is 9.80. The van der Waals surface area contributed by atoms with E-state index in [1.165, 1.54) is 0 Å². The average molecular weight is 282 g/mol. The summed E-state index contributed by atoms with van der Waals surface area (Å²) >= 11 is 0. The monoisotopic (exact) mass is 282 g/mol. The lowest BCUT2D eigenvalue weighted by Gasteiger charge is -2.34. The van der Waals surface area contributed by atoms with E-state index in [1.807, 2.05) is 0 Å². The first-order valence-electron chi connectivity index (χ1n) is 8.01. The van der Waals surface area contributed by atoms with Crippen molar-refractivity contribution in [2.45, 2.75) is 58.3 Å². The topological polar surface area (TPSA) is 48.1 Å². The molecule has 2 heterocycles. The second kappa shape index (κ2) is 5.64. The van der Waals surface area contributed by atoms with Gasteiger partial charge < -0.3 is 14.2 Å². The van der Waals surface area contributed by atoms with E-state index in [-0.39, 0.29) is 18.0 Å². The van der Waals surface area contributed by atoms with E-state index in [2.05, 4.69) is 20.8 Å². The first kappa shape index (κ1) is 14.3. The molecule has 1 saturated carbocycles. The van der Waals surface area contributed by atoms with Crippen LogP contribution in [0.5, 0.6) is 0 Å². The van der Waals surface area contributed by atoms with Crippen LogP contribution < -0.4 is 0 Å². The summed E-state index contributed by atoms with van der Waals surface area (Å²) in [5.74, 6) is 1.22. The highest BCUT2D eigenvalue weighted by atomic mass is 16.6. The summed E-state index contributed by atoms with van der Waals surface area (Å²) in [5, 5.41) is 0. The summed E-state index contributed by atoms with van der Waals surface area (Å²) in [6.45, 7) is 7.74. The molecule has 0 aromatic rings. The Balaban J connectivity index is 1.49. The van der Waals surface area contributed by atoms with Gasteiger partial charge in [0.25, 0.3) is 0 Å². The molecule has 0 bridgehead atoms. The second-order valence-corrected chi connectivity index (χ2v) is 6.80. The summed E-state index contributed by atoms with van der Waals surface area (Å²) in [7, 11) is 0. The molecule has 1 aliphatic carbocycles. The first-order chi connectivity index (χ1) is 9.58. The van der Waals surface area contributed by atoms with Crippen molar-refractivity contribution in [1.29, 1.82) is 0 Å². The van der Waals surface area contributed by atoms with Gasteiger partial charge in [-0.05, 0) is 38.0 Å². The Morgan fingerprint density at radius 1 is 1.15 bits per heavy atom. The minimum Gasteiger partial charge on any atom is -0.465 e. The van der Waals surface area contributed by atoms with Gasteiger partial charge in [-0.2, -0.15) is 0 Å². The molecule has 3 aliphatic rings. The lowest BCUT2D eigenvalue weighted by Crippen LogP contribution is -2.37. The Labute approximate surface area is 121 Å². The van der Waals surface area contributed by atoms with E-state index in [0.29, 0.717) is 36.6 Å². The molecule has 4 heteroatoms. The predicted molar refractivity (Wildman–Crippen MR) is 74.2 cm³/mol. The van der Waals surface area contributed by atoms with Crippen molar-refractivity contribution in [3.8, 4) is 0 Å². The van der Waals surface area contributed by atoms with Crippen molar-refractivity contribution in [3.05, 3.63) is 0 Å². The number of rotatable bonds is 3. The van der Waals surface area contributed by atoms with Gasteiger partial charge >= 0.3 is 5.97 Å². The van der Waals surface area contributed by atoms with Crippen molar-refractivity contribution >= 4 is 5.97 Å². The van der Waals surface area contributed by atoms with Crippen LogP contribution >= 0.6 is 0 Å². The van der Waals surface area contributed by atoms with E-state index in [1.54, 1.807) is 0 Å². The van der Waals surface area contributed by atoms with Gasteiger partial charge in [-0.15, -0.1) is 0 Å². The molecular weight excluding hydrogens is 256 g/mol. The van der Waals surface area contributed by atoms with Gasteiger partial charge in [-0.1, -0.05) is 13.8 Å². The van der Waals surface area contributed by atoms with Crippen LogP contribution in [0.4, 0.5) is 0 Å². The maximum absolute atomic E-state index is 12.3. The Kier molecular flexibility index (Phi) is 4.04. The van der Waals surface area contributed by atoms with Crippen LogP contribution in [0.2, 0.25) is 0 Å². The molecule has 3 fully saturated rings. The number of ether oxygens (including phenoxy) is 3. The number of hydrogen-bond donors (Lipinski definition) is 0. The molecule has 7 unspecified atom stereocenters. The number of carbonyl (C=O) groups is 1. The van der Waals surface area contributed by atoms with Crippen molar-refractivity contribution < 1.29 is 19.0 Å². The molecule has 0 spiro atoms. The van der Waals surface area contributed by atoms with Crippen LogP contribution in [0, 0.1) is 23.7 Å². The zero-order valence-corrected chi connectivity index (χ0v) is 12.7. The van der Waals surface area contributed by atoms with Gasteiger partial charge in [-0.25, -0.2) is 0 Å². The van der Waals surface area contributed by atoms with Crippen LogP contribution in [0.25, 0.3) is 0 Å². The molecule has 2 aliphatic heterocycles. The highest BCUT2D eigenvalue weighted by Crippen LogP contribution is 2.44. The fourth-order valence-electron chi connectivity index (χ4n) is 3.75. The van der Waals surface area contributed by atoms with E-state index >= 15 is 0 Å². The van der Waals surface area contributed by atoms with E-state index in [4.69, 9.17) is 14.2 Å². The number of epoxide rings is 1. The third kappa shape index (κ3) is 2.73. The molecular formula is C16H26O4. The first-order valence-corrected chi connectivity index (χ1v) is 8.01. The average Bonchev–Trinajstić information content (AvgIpc) is 3.21. The molecule has 0 radical (unpaired) electrons. The SMILES string of the molecule is CC1OCCC(COC(=O)C2CCC3OC3C2C)C1C. The molecule has 0 N–H and O–H groups in total. The van der Waals surface area contributed by atoms with Crippen LogP contribution in [-0.2, 0) is 19.0 Å². The molecule has 20 heavy (non-hydrogen) atoms. The quantitative estimate of drug-likeness (QED) is 0.589. The van der Waals surface area contributed by atoms with Gasteiger partial charge in [0.15, 0.2) is 0 Å². The Morgan fingerprint density at radius 3 is 2.75 bits per heavy atom. The molecule has 3 rings (SSSR count).